The van der Waals surface area contributed by atoms with Crippen molar-refractivity contribution in [3.63, 3.8) is 0 Å². The summed E-state index contributed by atoms with van der Waals surface area (Å²) in [6, 6.07) is 9.16. The van der Waals surface area contributed by atoms with Gasteiger partial charge in [0, 0.05) is 49.5 Å². The molecule has 4 rings (SSSR count). The SMILES string of the molecule is O=C(C1CCN(c2ncccn2)CC1)N1CCC(O)(c2ccc(Cl)cc2)CC1. The second-order valence-electron chi connectivity index (χ2n) is 7.67. The third-order valence-corrected chi connectivity index (χ3v) is 6.22. The fourth-order valence-electron chi connectivity index (χ4n) is 4.18. The van der Waals surface area contributed by atoms with Crippen molar-refractivity contribution < 1.29 is 9.90 Å². The summed E-state index contributed by atoms with van der Waals surface area (Å²) in [7, 11) is 0. The molecule has 0 radical (unpaired) electrons. The molecule has 28 heavy (non-hydrogen) atoms. The molecular weight excluding hydrogens is 376 g/mol. The van der Waals surface area contributed by atoms with Crippen LogP contribution in [0.3, 0.4) is 0 Å². The minimum Gasteiger partial charge on any atom is -0.385 e. The first-order valence-electron chi connectivity index (χ1n) is 9.84. The summed E-state index contributed by atoms with van der Waals surface area (Å²) in [6.45, 7) is 2.76. The van der Waals surface area contributed by atoms with Gasteiger partial charge in [0.2, 0.25) is 11.9 Å². The maximum atomic E-state index is 13.0. The summed E-state index contributed by atoms with van der Waals surface area (Å²) in [5.41, 5.74) is -0.00443. The van der Waals surface area contributed by atoms with E-state index in [4.69, 9.17) is 11.6 Å². The second kappa shape index (κ2) is 8.05. The molecule has 2 aromatic rings. The van der Waals surface area contributed by atoms with Gasteiger partial charge < -0.3 is 14.9 Å². The summed E-state index contributed by atoms with van der Waals surface area (Å²) >= 11 is 5.95. The number of nitrogens with zero attached hydrogens (tertiary/aromatic N) is 4. The monoisotopic (exact) mass is 400 g/mol. The largest absolute Gasteiger partial charge is 0.385 e. The van der Waals surface area contributed by atoms with Gasteiger partial charge in [0.1, 0.15) is 0 Å². The smallest absolute Gasteiger partial charge is 0.225 e. The molecule has 1 aromatic heterocycles. The highest BCUT2D eigenvalue weighted by Gasteiger charge is 2.37. The lowest BCUT2D eigenvalue weighted by molar-refractivity contribution is -0.140. The van der Waals surface area contributed by atoms with Gasteiger partial charge >= 0.3 is 0 Å². The summed E-state index contributed by atoms with van der Waals surface area (Å²) in [6.07, 6.45) is 6.22. The number of aromatic nitrogens is 2. The average Bonchev–Trinajstić information content (AvgIpc) is 2.75. The number of amides is 1. The number of piperidine rings is 2. The molecule has 1 N–H and O–H groups in total. The maximum Gasteiger partial charge on any atom is 0.225 e. The van der Waals surface area contributed by atoms with E-state index in [1.807, 2.05) is 17.0 Å². The van der Waals surface area contributed by atoms with Gasteiger partial charge in [0.15, 0.2) is 0 Å². The van der Waals surface area contributed by atoms with Gasteiger partial charge in [-0.2, -0.15) is 0 Å². The summed E-state index contributed by atoms with van der Waals surface area (Å²) in [5, 5.41) is 11.7. The van der Waals surface area contributed by atoms with Crippen LogP contribution in [0.5, 0.6) is 0 Å². The van der Waals surface area contributed by atoms with Crippen LogP contribution in [0.25, 0.3) is 0 Å². The number of carbonyl (C=O) groups is 1. The number of halogens is 1. The van der Waals surface area contributed by atoms with Crippen molar-refractivity contribution in [3.8, 4) is 0 Å². The summed E-state index contributed by atoms with van der Waals surface area (Å²) in [5.74, 6) is 0.993. The van der Waals surface area contributed by atoms with E-state index in [1.165, 1.54) is 0 Å². The molecule has 7 heteroatoms. The molecule has 2 aliphatic heterocycles. The Morgan fingerprint density at radius 3 is 2.25 bits per heavy atom. The highest BCUT2D eigenvalue weighted by atomic mass is 35.5. The molecule has 0 atom stereocenters. The number of hydrogen-bond acceptors (Lipinski definition) is 5. The van der Waals surface area contributed by atoms with Gasteiger partial charge in [0.25, 0.3) is 0 Å². The number of hydrogen-bond donors (Lipinski definition) is 1. The molecule has 6 nitrogen and oxygen atoms in total. The van der Waals surface area contributed by atoms with E-state index in [9.17, 15) is 9.90 Å². The quantitative estimate of drug-likeness (QED) is 0.857. The minimum atomic E-state index is -0.880. The van der Waals surface area contributed by atoms with E-state index in [0.29, 0.717) is 31.0 Å². The molecule has 0 aliphatic carbocycles. The van der Waals surface area contributed by atoms with Crippen molar-refractivity contribution in [3.05, 3.63) is 53.3 Å². The maximum absolute atomic E-state index is 13.0. The number of anilines is 1. The average molecular weight is 401 g/mol. The van der Waals surface area contributed by atoms with Crippen LogP contribution in [0.4, 0.5) is 5.95 Å². The predicted octanol–water partition coefficient (Wildman–Crippen LogP) is 2.86. The van der Waals surface area contributed by atoms with E-state index >= 15 is 0 Å². The Bertz CT molecular complexity index is 799. The van der Waals surface area contributed by atoms with E-state index < -0.39 is 5.60 Å². The normalized spacial score (nSPS) is 20.2. The first-order chi connectivity index (χ1) is 13.5. The van der Waals surface area contributed by atoms with E-state index in [2.05, 4.69) is 14.9 Å². The Kier molecular flexibility index (Phi) is 5.51. The number of aliphatic hydroxyl groups is 1. The molecule has 1 aromatic carbocycles. The standard InChI is InChI=1S/C21H25ClN4O2/c22-18-4-2-17(3-5-18)21(28)8-14-25(15-9-21)19(27)16-6-12-26(13-7-16)20-23-10-1-11-24-20/h1-5,10-11,16,28H,6-9,12-15H2. The lowest BCUT2D eigenvalue weighted by atomic mass is 9.84. The fourth-order valence-corrected chi connectivity index (χ4v) is 4.31. The highest BCUT2D eigenvalue weighted by molar-refractivity contribution is 6.30. The van der Waals surface area contributed by atoms with Crippen LogP contribution >= 0.6 is 11.6 Å². The van der Waals surface area contributed by atoms with Crippen LogP contribution in [0.1, 0.15) is 31.2 Å². The molecule has 148 valence electrons. The van der Waals surface area contributed by atoms with Crippen LogP contribution < -0.4 is 4.90 Å². The van der Waals surface area contributed by atoms with Crippen LogP contribution in [0.2, 0.25) is 5.02 Å². The fraction of sp³-hybridized carbons (Fsp3) is 0.476. The Hall–Kier alpha value is -2.18. The van der Waals surface area contributed by atoms with Crippen LogP contribution in [-0.4, -0.2) is 52.1 Å². The molecule has 2 saturated heterocycles. The highest BCUT2D eigenvalue weighted by Crippen LogP contribution is 2.34. The van der Waals surface area contributed by atoms with Crippen molar-refractivity contribution in [2.45, 2.75) is 31.3 Å². The summed E-state index contributed by atoms with van der Waals surface area (Å²) in [4.78, 5) is 25.6. The first kappa shape index (κ1) is 19.2. The first-order valence-corrected chi connectivity index (χ1v) is 10.2. The molecule has 2 aliphatic rings. The Morgan fingerprint density at radius 2 is 1.64 bits per heavy atom. The molecule has 2 fully saturated rings. The third kappa shape index (κ3) is 3.98. The van der Waals surface area contributed by atoms with E-state index in [1.54, 1.807) is 30.6 Å². The Labute approximate surface area is 170 Å². The molecule has 0 unspecified atom stereocenters. The zero-order valence-corrected chi connectivity index (χ0v) is 16.6. The van der Waals surface area contributed by atoms with Gasteiger partial charge in [-0.25, -0.2) is 9.97 Å². The molecule has 0 saturated carbocycles. The minimum absolute atomic E-state index is 0.0432. The molecule has 1 amide bonds. The van der Waals surface area contributed by atoms with Gasteiger partial charge in [-0.1, -0.05) is 23.7 Å². The van der Waals surface area contributed by atoms with Crippen molar-refractivity contribution in [1.29, 1.82) is 0 Å². The Balaban J connectivity index is 1.31. The number of likely N-dealkylation sites (tertiary alicyclic amines) is 1. The van der Waals surface area contributed by atoms with E-state index in [0.717, 1.165) is 37.4 Å². The molecule has 3 heterocycles. The van der Waals surface area contributed by atoms with E-state index in [-0.39, 0.29) is 11.8 Å². The zero-order valence-electron chi connectivity index (χ0n) is 15.8. The molecule has 0 spiro atoms. The van der Waals surface area contributed by atoms with Crippen LogP contribution in [0, 0.1) is 5.92 Å². The van der Waals surface area contributed by atoms with Gasteiger partial charge in [-0.05, 0) is 49.4 Å². The van der Waals surface area contributed by atoms with Crippen molar-refractivity contribution in [1.82, 2.24) is 14.9 Å². The summed E-state index contributed by atoms with van der Waals surface area (Å²) < 4.78 is 0. The number of benzene rings is 1. The zero-order chi connectivity index (χ0) is 19.6. The number of rotatable bonds is 3. The van der Waals surface area contributed by atoms with Crippen LogP contribution in [-0.2, 0) is 10.4 Å². The lowest BCUT2D eigenvalue weighted by Gasteiger charge is -2.41. The topological polar surface area (TPSA) is 69.6 Å². The molecular formula is C21H25ClN4O2. The van der Waals surface area contributed by atoms with Crippen molar-refractivity contribution in [2.24, 2.45) is 5.92 Å². The van der Waals surface area contributed by atoms with Crippen LogP contribution in [0.15, 0.2) is 42.7 Å². The molecule has 0 bridgehead atoms. The van der Waals surface area contributed by atoms with Crippen molar-refractivity contribution in [2.75, 3.05) is 31.1 Å². The van der Waals surface area contributed by atoms with Gasteiger partial charge in [-0.3, -0.25) is 4.79 Å². The van der Waals surface area contributed by atoms with Gasteiger partial charge in [-0.15, -0.1) is 0 Å². The third-order valence-electron chi connectivity index (χ3n) is 5.96. The predicted molar refractivity (Wildman–Crippen MR) is 108 cm³/mol. The van der Waals surface area contributed by atoms with Gasteiger partial charge in [0.05, 0.1) is 5.60 Å². The Morgan fingerprint density at radius 1 is 1.04 bits per heavy atom. The van der Waals surface area contributed by atoms with Crippen molar-refractivity contribution >= 4 is 23.5 Å². The number of carbonyl (C=O) groups excluding carboxylic acids is 1. The lowest BCUT2D eigenvalue weighted by Crippen LogP contribution is -2.49. The second-order valence-corrected chi connectivity index (χ2v) is 8.11.